The molecule has 0 unspecified atom stereocenters. The number of rotatable bonds is 6. The highest BCUT2D eigenvalue weighted by molar-refractivity contribution is 5.97. The van der Waals surface area contributed by atoms with Crippen molar-refractivity contribution >= 4 is 5.78 Å². The minimum Gasteiger partial charge on any atom is -0.435 e. The van der Waals surface area contributed by atoms with E-state index < -0.39 is 6.61 Å². The van der Waals surface area contributed by atoms with Gasteiger partial charge in [0.15, 0.2) is 5.78 Å². The zero-order valence-corrected chi connectivity index (χ0v) is 11.6. The smallest absolute Gasteiger partial charge is 0.387 e. The first-order chi connectivity index (χ1) is 10.1. The van der Waals surface area contributed by atoms with Gasteiger partial charge in [0.25, 0.3) is 0 Å². The van der Waals surface area contributed by atoms with Crippen LogP contribution in [0.25, 0.3) is 0 Å². The number of alkyl halides is 2. The monoisotopic (exact) mass is 291 g/mol. The van der Waals surface area contributed by atoms with Gasteiger partial charge in [-0.15, -0.1) is 0 Å². The lowest BCUT2D eigenvalue weighted by Crippen LogP contribution is -2.06. The zero-order valence-electron chi connectivity index (χ0n) is 11.6. The Morgan fingerprint density at radius 2 is 1.90 bits per heavy atom. The maximum atomic E-state index is 12.1. The standard InChI is InChI=1S/C16H15F2NO2/c1-2-11-3-6-13(19-10-11)9-15(20)12-4-7-14(8-5-12)21-16(17)18/h3-8,10,16H,2,9H2,1H3. The summed E-state index contributed by atoms with van der Waals surface area (Å²) in [6.07, 6.45) is 2.83. The zero-order chi connectivity index (χ0) is 15.2. The van der Waals surface area contributed by atoms with Crippen molar-refractivity contribution in [2.45, 2.75) is 26.4 Å². The molecule has 0 saturated carbocycles. The van der Waals surface area contributed by atoms with Gasteiger partial charge in [-0.1, -0.05) is 13.0 Å². The number of aryl methyl sites for hydroxylation is 1. The van der Waals surface area contributed by atoms with Crippen molar-refractivity contribution in [3.05, 3.63) is 59.4 Å². The predicted octanol–water partition coefficient (Wildman–Crippen LogP) is 3.67. The number of halogens is 2. The molecule has 0 aliphatic heterocycles. The SMILES string of the molecule is CCc1ccc(CC(=O)c2ccc(OC(F)F)cc2)nc1. The fourth-order valence-corrected chi connectivity index (χ4v) is 1.86. The number of carbonyl (C=O) groups excluding carboxylic acids is 1. The summed E-state index contributed by atoms with van der Waals surface area (Å²) >= 11 is 0. The van der Waals surface area contributed by atoms with Crippen LogP contribution in [0.15, 0.2) is 42.6 Å². The number of benzene rings is 1. The molecular weight excluding hydrogens is 276 g/mol. The number of ether oxygens (including phenoxy) is 1. The Balaban J connectivity index is 2.02. The van der Waals surface area contributed by atoms with Crippen LogP contribution in [-0.2, 0) is 12.8 Å². The van der Waals surface area contributed by atoms with Gasteiger partial charge in [-0.3, -0.25) is 9.78 Å². The molecule has 0 spiro atoms. The summed E-state index contributed by atoms with van der Waals surface area (Å²) in [6.45, 7) is -0.835. The van der Waals surface area contributed by atoms with Crippen molar-refractivity contribution in [2.75, 3.05) is 0 Å². The van der Waals surface area contributed by atoms with Crippen molar-refractivity contribution in [2.24, 2.45) is 0 Å². The van der Waals surface area contributed by atoms with Gasteiger partial charge < -0.3 is 4.74 Å². The number of hydrogen-bond acceptors (Lipinski definition) is 3. The fourth-order valence-electron chi connectivity index (χ4n) is 1.86. The number of aromatic nitrogens is 1. The fraction of sp³-hybridized carbons (Fsp3) is 0.250. The molecule has 0 saturated heterocycles. The number of Topliss-reactive ketones (excluding diaryl/α,β-unsaturated/α-hetero) is 1. The van der Waals surface area contributed by atoms with E-state index >= 15 is 0 Å². The second-order valence-corrected chi connectivity index (χ2v) is 4.51. The van der Waals surface area contributed by atoms with Crippen LogP contribution in [0.4, 0.5) is 8.78 Å². The number of nitrogens with zero attached hydrogens (tertiary/aromatic N) is 1. The van der Waals surface area contributed by atoms with Gasteiger partial charge in [0.1, 0.15) is 5.75 Å². The van der Waals surface area contributed by atoms with Gasteiger partial charge in [-0.25, -0.2) is 0 Å². The molecule has 110 valence electrons. The predicted molar refractivity (Wildman–Crippen MR) is 74.7 cm³/mol. The second-order valence-electron chi connectivity index (χ2n) is 4.51. The van der Waals surface area contributed by atoms with Crippen LogP contribution >= 0.6 is 0 Å². The van der Waals surface area contributed by atoms with Gasteiger partial charge in [-0.2, -0.15) is 8.78 Å². The number of carbonyl (C=O) groups is 1. The largest absolute Gasteiger partial charge is 0.435 e. The van der Waals surface area contributed by atoms with Gasteiger partial charge in [0, 0.05) is 17.5 Å². The maximum Gasteiger partial charge on any atom is 0.387 e. The highest BCUT2D eigenvalue weighted by Gasteiger charge is 2.09. The molecule has 0 atom stereocenters. The molecular formula is C16H15F2NO2. The lowest BCUT2D eigenvalue weighted by Gasteiger charge is -2.05. The number of ketones is 1. The number of pyridine rings is 1. The molecule has 1 aromatic carbocycles. The van der Waals surface area contributed by atoms with Crippen LogP contribution in [0.2, 0.25) is 0 Å². The Morgan fingerprint density at radius 1 is 1.19 bits per heavy atom. The summed E-state index contributed by atoms with van der Waals surface area (Å²) in [4.78, 5) is 16.3. The Bertz CT molecular complexity index is 595. The quantitative estimate of drug-likeness (QED) is 0.762. The van der Waals surface area contributed by atoms with E-state index in [-0.39, 0.29) is 18.0 Å². The van der Waals surface area contributed by atoms with Gasteiger partial charge >= 0.3 is 6.61 Å². The third-order valence-electron chi connectivity index (χ3n) is 3.04. The van der Waals surface area contributed by atoms with Crippen molar-refractivity contribution < 1.29 is 18.3 Å². The molecule has 0 fully saturated rings. The van der Waals surface area contributed by atoms with E-state index in [0.29, 0.717) is 11.3 Å². The van der Waals surface area contributed by atoms with E-state index in [0.717, 1.165) is 12.0 Å². The van der Waals surface area contributed by atoms with Crippen molar-refractivity contribution in [3.63, 3.8) is 0 Å². The number of hydrogen-bond donors (Lipinski definition) is 0. The molecule has 0 bridgehead atoms. The lowest BCUT2D eigenvalue weighted by atomic mass is 10.1. The third-order valence-corrected chi connectivity index (χ3v) is 3.04. The normalized spacial score (nSPS) is 10.7. The van der Waals surface area contributed by atoms with E-state index in [1.807, 2.05) is 19.1 Å². The molecule has 0 amide bonds. The summed E-state index contributed by atoms with van der Waals surface area (Å²) in [5.74, 6) is -0.0812. The Labute approximate surface area is 121 Å². The summed E-state index contributed by atoms with van der Waals surface area (Å²) in [5.41, 5.74) is 2.24. The molecule has 21 heavy (non-hydrogen) atoms. The molecule has 0 aliphatic rings. The molecule has 0 radical (unpaired) electrons. The molecule has 2 rings (SSSR count). The minimum absolute atomic E-state index is 0.0342. The topological polar surface area (TPSA) is 39.2 Å². The molecule has 0 aliphatic carbocycles. The Hall–Kier alpha value is -2.30. The molecule has 1 heterocycles. The maximum absolute atomic E-state index is 12.1. The van der Waals surface area contributed by atoms with Crippen LogP contribution in [0, 0.1) is 0 Å². The van der Waals surface area contributed by atoms with Gasteiger partial charge in [0.2, 0.25) is 0 Å². The lowest BCUT2D eigenvalue weighted by molar-refractivity contribution is -0.0498. The summed E-state index contributed by atoms with van der Waals surface area (Å²) < 4.78 is 28.3. The van der Waals surface area contributed by atoms with Crippen molar-refractivity contribution in [1.29, 1.82) is 0 Å². The molecule has 3 nitrogen and oxygen atoms in total. The van der Waals surface area contributed by atoms with Gasteiger partial charge in [-0.05, 0) is 42.3 Å². The second kappa shape index (κ2) is 6.92. The van der Waals surface area contributed by atoms with E-state index in [9.17, 15) is 13.6 Å². The van der Waals surface area contributed by atoms with Crippen LogP contribution in [0.3, 0.4) is 0 Å². The minimum atomic E-state index is -2.87. The van der Waals surface area contributed by atoms with Gasteiger partial charge in [0.05, 0.1) is 6.42 Å². The van der Waals surface area contributed by atoms with E-state index in [1.54, 1.807) is 6.20 Å². The van der Waals surface area contributed by atoms with Crippen LogP contribution in [0.5, 0.6) is 5.75 Å². The first-order valence-electron chi connectivity index (χ1n) is 6.60. The molecule has 0 N–H and O–H groups in total. The summed E-state index contributed by atoms with van der Waals surface area (Å²) in [7, 11) is 0. The highest BCUT2D eigenvalue weighted by Crippen LogP contribution is 2.16. The van der Waals surface area contributed by atoms with E-state index in [1.165, 1.54) is 24.3 Å². The van der Waals surface area contributed by atoms with Crippen molar-refractivity contribution in [1.82, 2.24) is 4.98 Å². The Morgan fingerprint density at radius 3 is 2.43 bits per heavy atom. The van der Waals surface area contributed by atoms with Crippen molar-refractivity contribution in [3.8, 4) is 5.75 Å². The first-order valence-corrected chi connectivity index (χ1v) is 6.60. The molecule has 2 aromatic rings. The van der Waals surface area contributed by atoms with Crippen LogP contribution < -0.4 is 4.74 Å². The average molecular weight is 291 g/mol. The first kappa shape index (κ1) is 15.1. The molecule has 5 heteroatoms. The van der Waals surface area contributed by atoms with E-state index in [2.05, 4.69) is 9.72 Å². The van der Waals surface area contributed by atoms with Crippen LogP contribution in [-0.4, -0.2) is 17.4 Å². The summed E-state index contributed by atoms with van der Waals surface area (Å²) in [5, 5.41) is 0. The molecule has 1 aromatic heterocycles. The van der Waals surface area contributed by atoms with E-state index in [4.69, 9.17) is 0 Å². The Kier molecular flexibility index (Phi) is 4.98. The summed E-state index contributed by atoms with van der Waals surface area (Å²) in [6, 6.07) is 9.42. The third kappa shape index (κ3) is 4.34. The highest BCUT2D eigenvalue weighted by atomic mass is 19.3. The van der Waals surface area contributed by atoms with Crippen LogP contribution in [0.1, 0.15) is 28.5 Å². The average Bonchev–Trinajstić information content (AvgIpc) is 2.48.